The summed E-state index contributed by atoms with van der Waals surface area (Å²) in [4.78, 5) is 44.4. The van der Waals surface area contributed by atoms with Crippen LogP contribution in [0.25, 0.3) is 11.2 Å². The Balaban J connectivity index is 1.15. The second-order valence-corrected chi connectivity index (χ2v) is 12.8. The van der Waals surface area contributed by atoms with Crippen molar-refractivity contribution in [2.75, 3.05) is 25.5 Å². The predicted molar refractivity (Wildman–Crippen MR) is 141 cm³/mol. The molecule has 2 fully saturated rings. The molecular weight excluding hydrogens is 638 g/mol. The molecule has 9 N–H and O–H groups in total. The number of rotatable bonds is 11. The third-order valence-electron chi connectivity index (χ3n) is 6.84. The largest absolute Gasteiger partial charge is 0.481 e. The third kappa shape index (κ3) is 6.70. The summed E-state index contributed by atoms with van der Waals surface area (Å²) < 4.78 is 50.7. The fourth-order valence-corrected chi connectivity index (χ4v) is 6.78. The van der Waals surface area contributed by atoms with Crippen molar-refractivity contribution in [3.05, 3.63) is 36.6 Å². The molecule has 0 aromatic carbocycles. The quantitative estimate of drug-likeness (QED) is 0.116. The van der Waals surface area contributed by atoms with Gasteiger partial charge in [-0.15, -0.1) is 0 Å². The highest BCUT2D eigenvalue weighted by molar-refractivity contribution is 7.61. The number of aliphatic hydroxyl groups is 4. The first-order valence-electron chi connectivity index (χ1n) is 12.7. The molecule has 0 amide bonds. The van der Waals surface area contributed by atoms with Gasteiger partial charge in [0.15, 0.2) is 23.9 Å². The van der Waals surface area contributed by atoms with Gasteiger partial charge in [-0.05, 0) is 6.08 Å². The van der Waals surface area contributed by atoms with Crippen LogP contribution in [0.4, 0.5) is 5.82 Å². The van der Waals surface area contributed by atoms with Gasteiger partial charge < -0.3 is 55.4 Å². The number of nitrogens with two attached hydrogens (primary N) is 1. The van der Waals surface area contributed by atoms with Crippen LogP contribution in [0.15, 0.2) is 36.6 Å². The Morgan fingerprint density at radius 1 is 0.955 bits per heavy atom. The number of aromatic nitrogens is 4. The molecular formula is C21H28N6O15P2. The van der Waals surface area contributed by atoms with Gasteiger partial charge in [0.05, 0.1) is 25.1 Å². The van der Waals surface area contributed by atoms with Crippen molar-refractivity contribution in [3.63, 3.8) is 0 Å². The van der Waals surface area contributed by atoms with Gasteiger partial charge in [-0.2, -0.15) is 4.31 Å². The molecule has 0 spiro atoms. The van der Waals surface area contributed by atoms with Gasteiger partial charge in [0.25, 0.3) is 0 Å². The second kappa shape index (κ2) is 12.5. The van der Waals surface area contributed by atoms with E-state index in [9.17, 15) is 44.1 Å². The van der Waals surface area contributed by atoms with Crippen LogP contribution in [-0.2, 0) is 36.8 Å². The molecule has 21 nitrogen and oxygen atoms in total. The zero-order valence-electron chi connectivity index (χ0n) is 22.2. The number of aliphatic carboxylic acids is 1. The molecule has 0 radical (unpaired) electrons. The first kappa shape index (κ1) is 32.5. The number of aliphatic hydroxyl groups excluding tert-OH is 4. The van der Waals surface area contributed by atoms with Crippen LogP contribution >= 0.6 is 15.6 Å². The fraction of sp³-hybridized carbons (Fsp3) is 0.524. The number of hydrogen-bond acceptors (Lipinski definition) is 17. The smallest absolute Gasteiger partial charge is 0.478 e. The first-order valence-corrected chi connectivity index (χ1v) is 15.7. The Bertz CT molecular complexity index is 1550. The molecule has 3 aliphatic rings. The van der Waals surface area contributed by atoms with Gasteiger partial charge >= 0.3 is 21.6 Å². The molecule has 5 heterocycles. The summed E-state index contributed by atoms with van der Waals surface area (Å²) in [5, 5.41) is 50.8. The molecule has 5 rings (SSSR count). The summed E-state index contributed by atoms with van der Waals surface area (Å²) in [6.07, 6.45) is -5.57. The van der Waals surface area contributed by atoms with Gasteiger partial charge in [0.1, 0.15) is 48.5 Å². The van der Waals surface area contributed by atoms with Crippen LogP contribution in [0.3, 0.4) is 0 Å². The molecule has 44 heavy (non-hydrogen) atoms. The molecule has 0 aliphatic carbocycles. The first-order chi connectivity index (χ1) is 20.7. The van der Waals surface area contributed by atoms with E-state index >= 15 is 0 Å². The number of carboxylic acids is 1. The lowest BCUT2D eigenvalue weighted by molar-refractivity contribution is -0.132. The van der Waals surface area contributed by atoms with E-state index in [1.54, 1.807) is 0 Å². The highest BCUT2D eigenvalue weighted by Crippen LogP contribution is 2.60. The molecule has 2 saturated heterocycles. The van der Waals surface area contributed by atoms with E-state index in [0.717, 1.165) is 6.33 Å². The lowest BCUT2D eigenvalue weighted by Gasteiger charge is -2.30. The molecule has 23 heteroatoms. The molecule has 0 bridgehead atoms. The molecule has 2 aromatic heterocycles. The van der Waals surface area contributed by atoms with E-state index < -0.39 is 83.9 Å². The number of hydrogen-bond donors (Lipinski definition) is 8. The number of carboxylic acid groups (broad SMARTS) is 1. The van der Waals surface area contributed by atoms with E-state index in [0.29, 0.717) is 0 Å². The van der Waals surface area contributed by atoms with Crippen LogP contribution in [0.1, 0.15) is 6.23 Å². The van der Waals surface area contributed by atoms with E-state index in [1.807, 2.05) is 0 Å². The van der Waals surface area contributed by atoms with E-state index in [1.165, 1.54) is 34.1 Å². The van der Waals surface area contributed by atoms with E-state index in [2.05, 4.69) is 23.8 Å². The number of imidazole rings is 1. The van der Waals surface area contributed by atoms with Crippen molar-refractivity contribution in [2.45, 2.75) is 49.1 Å². The van der Waals surface area contributed by atoms with Crippen LogP contribution < -0.4 is 5.73 Å². The van der Waals surface area contributed by atoms with E-state index in [4.69, 9.17) is 24.8 Å². The van der Waals surface area contributed by atoms with Crippen molar-refractivity contribution in [3.8, 4) is 0 Å². The Morgan fingerprint density at radius 3 is 2.16 bits per heavy atom. The molecule has 2 aromatic rings. The van der Waals surface area contributed by atoms with Gasteiger partial charge in [-0.25, -0.2) is 28.9 Å². The summed E-state index contributed by atoms with van der Waals surface area (Å²) in [6, 6.07) is 0. The molecule has 10 atom stereocenters. The number of anilines is 1. The third-order valence-corrected chi connectivity index (χ3v) is 9.44. The van der Waals surface area contributed by atoms with Gasteiger partial charge in [0.2, 0.25) is 0 Å². The summed E-state index contributed by atoms with van der Waals surface area (Å²) in [5.74, 6) is -1.20. The second-order valence-electron chi connectivity index (χ2n) is 9.77. The average Bonchev–Trinajstić information content (AvgIpc) is 3.61. The number of carbonyl (C=O) groups is 1. The van der Waals surface area contributed by atoms with Crippen LogP contribution in [-0.4, -0.2) is 128 Å². The zero-order chi connectivity index (χ0) is 32.0. The summed E-state index contributed by atoms with van der Waals surface area (Å²) in [5.41, 5.74) is 5.98. The number of nitrogens with zero attached hydrogens (tertiary/aromatic N) is 5. The van der Waals surface area contributed by atoms with Crippen molar-refractivity contribution in [1.29, 1.82) is 0 Å². The molecule has 10 unspecified atom stereocenters. The minimum atomic E-state index is -5.38. The van der Waals surface area contributed by atoms with Gasteiger partial charge in [0, 0.05) is 12.7 Å². The Morgan fingerprint density at radius 2 is 1.55 bits per heavy atom. The molecule has 0 saturated carbocycles. The summed E-state index contributed by atoms with van der Waals surface area (Å²) >= 11 is 0. The van der Waals surface area contributed by atoms with E-state index in [-0.39, 0.29) is 29.1 Å². The number of fused-ring (bicyclic) bond motifs is 1. The predicted octanol–water partition coefficient (Wildman–Crippen LogP) is -2.43. The van der Waals surface area contributed by atoms with Gasteiger partial charge in [-0.1, -0.05) is 6.08 Å². The van der Waals surface area contributed by atoms with Crippen LogP contribution in [0.5, 0.6) is 0 Å². The maximum atomic E-state index is 12.4. The van der Waals surface area contributed by atoms with Crippen LogP contribution in [0, 0.1) is 0 Å². The minimum Gasteiger partial charge on any atom is -0.478 e. The van der Waals surface area contributed by atoms with Crippen molar-refractivity contribution >= 4 is 38.6 Å². The lowest BCUT2D eigenvalue weighted by Crippen LogP contribution is -2.42. The summed E-state index contributed by atoms with van der Waals surface area (Å²) in [6.45, 7) is -1.70. The maximum Gasteiger partial charge on any atom is 0.481 e. The van der Waals surface area contributed by atoms with Crippen molar-refractivity contribution in [2.24, 2.45) is 0 Å². The van der Waals surface area contributed by atoms with Crippen molar-refractivity contribution in [1.82, 2.24) is 24.4 Å². The number of nitrogen functional groups attached to an aromatic ring is 1. The minimum absolute atomic E-state index is 0.0478. The van der Waals surface area contributed by atoms with Crippen LogP contribution in [0.2, 0.25) is 0 Å². The Kier molecular flexibility index (Phi) is 9.23. The highest BCUT2D eigenvalue weighted by Gasteiger charge is 2.48. The fourth-order valence-electron chi connectivity index (χ4n) is 4.69. The Labute approximate surface area is 246 Å². The van der Waals surface area contributed by atoms with Gasteiger partial charge in [-0.3, -0.25) is 13.6 Å². The molecule has 3 aliphatic heterocycles. The standard InChI is InChI=1S/C21H28N6O15P2/c22-17-12-18(24-7-23-17)27(8-25-12)20-16(31)14(29)11(41-20)6-39-44(36,37)42-43(34,35)38-5-10-13(28)15(30)19(40-10)26-3-1-2-9(4-26)21(32)33/h1-2,4,7-8,10-11,13-16,19-20,28-31H,3,5-6H2,(H,32,33)(H,34,35)(H,36,37)(H2,22,23,24). The lowest BCUT2D eigenvalue weighted by atomic mass is 10.1. The average molecular weight is 666 g/mol. The topological polar surface area (TPSA) is 312 Å². The number of phosphoric ester groups is 2. The van der Waals surface area contributed by atoms with Crippen molar-refractivity contribution < 1.29 is 72.1 Å². The molecule has 242 valence electrons. The SMILES string of the molecule is Nc1ncnc2c1ncn2C1OC(COP(=O)(O)OP(=O)(O)OCC2OC(N3C=C(C(=O)O)C=CC3)C(O)C2O)C(O)C1O. The monoisotopic (exact) mass is 666 g/mol. The number of phosphoric acid groups is 2. The normalized spacial score (nSPS) is 33.3. The number of ether oxygens (including phenoxy) is 2. The Hall–Kier alpha value is -2.88. The summed E-state index contributed by atoms with van der Waals surface area (Å²) in [7, 11) is -10.8. The zero-order valence-corrected chi connectivity index (χ0v) is 24.0. The maximum absolute atomic E-state index is 12.4. The highest BCUT2D eigenvalue weighted by atomic mass is 31.3.